The first-order valence-electron chi connectivity index (χ1n) is 7.96. The molecular weight excluding hydrogens is 316 g/mol. The molecule has 25 heavy (non-hydrogen) atoms. The van der Waals surface area contributed by atoms with Crippen LogP contribution >= 0.6 is 0 Å². The van der Waals surface area contributed by atoms with Gasteiger partial charge in [0, 0.05) is 16.8 Å². The van der Waals surface area contributed by atoms with E-state index in [-0.39, 0.29) is 23.8 Å². The van der Waals surface area contributed by atoms with Crippen LogP contribution in [0.2, 0.25) is 0 Å². The molecule has 126 valence electrons. The fourth-order valence-electron chi connectivity index (χ4n) is 2.79. The van der Waals surface area contributed by atoms with Crippen molar-refractivity contribution in [2.75, 3.05) is 5.32 Å². The first kappa shape index (κ1) is 16.6. The Hall–Kier alpha value is -3.21. The van der Waals surface area contributed by atoms with Crippen LogP contribution in [0.1, 0.15) is 22.8 Å². The van der Waals surface area contributed by atoms with Gasteiger partial charge in [0.25, 0.3) is 5.56 Å². The van der Waals surface area contributed by atoms with Crippen LogP contribution in [0.3, 0.4) is 0 Å². The number of Topliss-reactive ketones (excluding diaryl/α,β-unsaturated/α-hetero) is 1. The zero-order valence-electron chi connectivity index (χ0n) is 14.1. The highest BCUT2D eigenvalue weighted by Crippen LogP contribution is 2.14. The fraction of sp³-hybridized carbons (Fsp3) is 0.150. The van der Waals surface area contributed by atoms with Gasteiger partial charge in [-0.2, -0.15) is 0 Å². The zero-order chi connectivity index (χ0) is 18.0. The fourth-order valence-corrected chi connectivity index (χ4v) is 2.79. The number of hydrogen-bond donors (Lipinski definition) is 1. The number of aromatic nitrogens is 1. The third-order valence-electron chi connectivity index (χ3n) is 4.04. The molecule has 1 aromatic heterocycles. The van der Waals surface area contributed by atoms with Crippen molar-refractivity contribution in [1.29, 1.82) is 0 Å². The molecule has 0 aliphatic heterocycles. The lowest BCUT2D eigenvalue weighted by Gasteiger charge is -2.12. The predicted molar refractivity (Wildman–Crippen MR) is 98.0 cm³/mol. The highest BCUT2D eigenvalue weighted by molar-refractivity contribution is 5.97. The summed E-state index contributed by atoms with van der Waals surface area (Å²) in [6.45, 7) is 3.12. The highest BCUT2D eigenvalue weighted by atomic mass is 16.2. The van der Waals surface area contributed by atoms with Gasteiger partial charge in [0.05, 0.1) is 5.52 Å². The van der Waals surface area contributed by atoms with Gasteiger partial charge >= 0.3 is 0 Å². The number of benzene rings is 2. The number of carbonyl (C=O) groups is 2. The predicted octanol–water partition coefficient (Wildman–Crippen LogP) is 3.15. The molecule has 5 nitrogen and oxygen atoms in total. The Labute approximate surface area is 144 Å². The maximum Gasteiger partial charge on any atom is 0.254 e. The van der Waals surface area contributed by atoms with Gasteiger partial charge in [0.2, 0.25) is 5.91 Å². The van der Waals surface area contributed by atoms with Crippen LogP contribution in [-0.2, 0) is 11.3 Å². The molecule has 0 saturated carbocycles. The van der Waals surface area contributed by atoms with Crippen LogP contribution in [0.25, 0.3) is 10.9 Å². The average molecular weight is 334 g/mol. The second-order valence-corrected chi connectivity index (χ2v) is 5.96. The van der Waals surface area contributed by atoms with Crippen LogP contribution in [0.5, 0.6) is 0 Å². The number of amides is 1. The molecule has 0 unspecified atom stereocenters. The molecule has 0 bridgehead atoms. The number of aryl methyl sites for hydroxylation is 1. The van der Waals surface area contributed by atoms with Gasteiger partial charge in [-0.3, -0.25) is 19.0 Å². The van der Waals surface area contributed by atoms with E-state index in [4.69, 9.17) is 0 Å². The summed E-state index contributed by atoms with van der Waals surface area (Å²) in [6.07, 6.45) is 0. The molecule has 0 atom stereocenters. The summed E-state index contributed by atoms with van der Waals surface area (Å²) in [6, 6.07) is 16.0. The number of fused-ring (bicyclic) bond motifs is 1. The largest absolute Gasteiger partial charge is 0.325 e. The van der Waals surface area contributed by atoms with E-state index in [0.717, 1.165) is 5.39 Å². The minimum Gasteiger partial charge on any atom is -0.325 e. The van der Waals surface area contributed by atoms with E-state index in [1.165, 1.54) is 11.5 Å². The van der Waals surface area contributed by atoms with Crippen molar-refractivity contribution >= 4 is 28.3 Å². The Morgan fingerprint density at radius 2 is 1.80 bits per heavy atom. The number of rotatable bonds is 4. The van der Waals surface area contributed by atoms with Crippen molar-refractivity contribution in [3.8, 4) is 0 Å². The van der Waals surface area contributed by atoms with E-state index >= 15 is 0 Å². The molecule has 1 N–H and O–H groups in total. The van der Waals surface area contributed by atoms with Gasteiger partial charge in [-0.15, -0.1) is 0 Å². The smallest absolute Gasteiger partial charge is 0.254 e. The first-order chi connectivity index (χ1) is 12.0. The third kappa shape index (κ3) is 3.50. The van der Waals surface area contributed by atoms with E-state index in [9.17, 15) is 14.4 Å². The molecule has 0 radical (unpaired) electrons. The lowest BCUT2D eigenvalue weighted by Crippen LogP contribution is -2.29. The van der Waals surface area contributed by atoms with Crippen molar-refractivity contribution in [1.82, 2.24) is 4.57 Å². The van der Waals surface area contributed by atoms with Crippen LogP contribution in [-0.4, -0.2) is 16.3 Å². The summed E-state index contributed by atoms with van der Waals surface area (Å²) < 4.78 is 1.47. The summed E-state index contributed by atoms with van der Waals surface area (Å²) in [5, 5.41) is 3.65. The van der Waals surface area contributed by atoms with Crippen molar-refractivity contribution in [3.05, 3.63) is 76.1 Å². The SMILES string of the molecule is CC(=O)c1cccc(NC(=O)Cn2c(=O)c(C)cc3ccccc32)c1. The van der Waals surface area contributed by atoms with E-state index in [0.29, 0.717) is 22.3 Å². The maximum absolute atomic E-state index is 12.5. The van der Waals surface area contributed by atoms with Crippen LogP contribution in [0, 0.1) is 6.92 Å². The molecule has 0 aliphatic rings. The molecule has 1 heterocycles. The van der Waals surface area contributed by atoms with Crippen LogP contribution < -0.4 is 10.9 Å². The number of anilines is 1. The lowest BCUT2D eigenvalue weighted by atomic mass is 10.1. The van der Waals surface area contributed by atoms with E-state index in [1.54, 1.807) is 31.2 Å². The first-order valence-corrected chi connectivity index (χ1v) is 7.96. The monoisotopic (exact) mass is 334 g/mol. The Bertz CT molecular complexity index is 1030. The molecule has 5 heteroatoms. The standard InChI is InChI=1S/C20H18N2O3/c1-13-10-16-6-3-4-9-18(16)22(20(13)25)12-19(24)21-17-8-5-7-15(11-17)14(2)23/h3-11H,12H2,1-2H3,(H,21,24). The second-order valence-electron chi connectivity index (χ2n) is 5.96. The molecule has 2 aromatic carbocycles. The van der Waals surface area contributed by atoms with Crippen molar-refractivity contribution in [2.45, 2.75) is 20.4 Å². The number of hydrogen-bond acceptors (Lipinski definition) is 3. The minimum absolute atomic E-state index is 0.0722. The number of ketones is 1. The summed E-state index contributed by atoms with van der Waals surface area (Å²) in [5.74, 6) is -0.393. The van der Waals surface area contributed by atoms with Crippen LogP contribution in [0.15, 0.2) is 59.4 Å². The highest BCUT2D eigenvalue weighted by Gasteiger charge is 2.11. The topological polar surface area (TPSA) is 68.2 Å². The number of nitrogens with zero attached hydrogens (tertiary/aromatic N) is 1. The zero-order valence-corrected chi connectivity index (χ0v) is 14.1. The summed E-state index contributed by atoms with van der Waals surface area (Å²) >= 11 is 0. The Morgan fingerprint density at radius 3 is 2.56 bits per heavy atom. The van der Waals surface area contributed by atoms with Crippen LogP contribution in [0.4, 0.5) is 5.69 Å². The van der Waals surface area contributed by atoms with Gasteiger partial charge in [-0.25, -0.2) is 0 Å². The van der Waals surface area contributed by atoms with Gasteiger partial charge in [-0.1, -0.05) is 30.3 Å². The van der Waals surface area contributed by atoms with Gasteiger partial charge in [0.1, 0.15) is 6.54 Å². The minimum atomic E-state index is -0.321. The molecule has 3 aromatic rings. The second kappa shape index (κ2) is 6.73. The van der Waals surface area contributed by atoms with E-state index in [2.05, 4.69) is 5.32 Å². The van der Waals surface area contributed by atoms with E-state index in [1.807, 2.05) is 30.3 Å². The van der Waals surface area contributed by atoms with Gasteiger partial charge in [-0.05, 0) is 43.5 Å². The number of nitrogens with one attached hydrogen (secondary N) is 1. The Balaban J connectivity index is 1.90. The lowest BCUT2D eigenvalue weighted by molar-refractivity contribution is -0.116. The quantitative estimate of drug-likeness (QED) is 0.745. The van der Waals surface area contributed by atoms with Gasteiger partial charge in [0.15, 0.2) is 5.78 Å². The van der Waals surface area contributed by atoms with Crippen molar-refractivity contribution in [3.63, 3.8) is 0 Å². The molecule has 0 spiro atoms. The average Bonchev–Trinajstić information content (AvgIpc) is 2.59. The Kier molecular flexibility index (Phi) is 4.48. The third-order valence-corrected chi connectivity index (χ3v) is 4.04. The molecule has 1 amide bonds. The number of carbonyl (C=O) groups excluding carboxylic acids is 2. The Morgan fingerprint density at radius 1 is 1.04 bits per heavy atom. The molecule has 0 saturated heterocycles. The molecule has 3 rings (SSSR count). The maximum atomic E-state index is 12.5. The summed E-state index contributed by atoms with van der Waals surface area (Å²) in [5.41, 5.74) is 2.17. The van der Waals surface area contributed by atoms with E-state index < -0.39 is 0 Å². The molecule has 0 fully saturated rings. The summed E-state index contributed by atoms with van der Waals surface area (Å²) in [7, 11) is 0. The van der Waals surface area contributed by atoms with Crippen molar-refractivity contribution < 1.29 is 9.59 Å². The molecule has 0 aliphatic carbocycles. The number of pyridine rings is 1. The van der Waals surface area contributed by atoms with Crippen molar-refractivity contribution in [2.24, 2.45) is 0 Å². The van der Waals surface area contributed by atoms with Gasteiger partial charge < -0.3 is 5.32 Å². The number of para-hydroxylation sites is 1. The molecular formula is C20H18N2O3. The summed E-state index contributed by atoms with van der Waals surface area (Å²) in [4.78, 5) is 36.3. The normalized spacial score (nSPS) is 10.6.